The molecule has 0 fully saturated rings. The van der Waals surface area contributed by atoms with Crippen LogP contribution in [0.4, 0.5) is 5.69 Å². The van der Waals surface area contributed by atoms with E-state index in [2.05, 4.69) is 15.2 Å². The molecule has 0 aliphatic rings. The van der Waals surface area contributed by atoms with E-state index >= 15 is 0 Å². The first-order valence-electron chi connectivity index (χ1n) is 6.80. The maximum atomic E-state index is 5.92. The SMILES string of the molecule is COc1ccc(N)cc1-c1nnc2cnc3ccccc3n12. The van der Waals surface area contributed by atoms with Gasteiger partial charge in [-0.3, -0.25) is 9.38 Å². The number of ether oxygens (including phenoxy) is 1. The minimum Gasteiger partial charge on any atom is -0.496 e. The number of nitrogen functional groups attached to an aromatic ring is 1. The lowest BCUT2D eigenvalue weighted by atomic mass is 10.1. The Bertz CT molecular complexity index is 992. The summed E-state index contributed by atoms with van der Waals surface area (Å²) in [5, 5.41) is 8.51. The number of methoxy groups -OCH3 is 1. The number of para-hydroxylation sites is 2. The number of anilines is 1. The molecule has 0 saturated carbocycles. The van der Waals surface area contributed by atoms with Gasteiger partial charge in [0, 0.05) is 5.69 Å². The first-order valence-corrected chi connectivity index (χ1v) is 6.80. The largest absolute Gasteiger partial charge is 0.496 e. The second-order valence-electron chi connectivity index (χ2n) is 4.92. The summed E-state index contributed by atoms with van der Waals surface area (Å²) in [4.78, 5) is 4.40. The third-order valence-electron chi connectivity index (χ3n) is 3.59. The number of hydrogen-bond donors (Lipinski definition) is 1. The summed E-state index contributed by atoms with van der Waals surface area (Å²) in [6.07, 6.45) is 1.71. The molecule has 108 valence electrons. The maximum Gasteiger partial charge on any atom is 0.180 e. The number of fused-ring (bicyclic) bond motifs is 3. The zero-order chi connectivity index (χ0) is 15.1. The van der Waals surface area contributed by atoms with Gasteiger partial charge in [-0.05, 0) is 30.3 Å². The molecule has 6 heteroatoms. The fourth-order valence-corrected chi connectivity index (χ4v) is 2.58. The van der Waals surface area contributed by atoms with E-state index in [-0.39, 0.29) is 0 Å². The third kappa shape index (κ3) is 1.77. The molecule has 2 aromatic carbocycles. The predicted octanol–water partition coefficient (Wildman–Crippen LogP) is 2.54. The lowest BCUT2D eigenvalue weighted by molar-refractivity contribution is 0.416. The van der Waals surface area contributed by atoms with Crippen LogP contribution in [0.25, 0.3) is 28.1 Å². The van der Waals surface area contributed by atoms with Crippen molar-refractivity contribution in [2.75, 3.05) is 12.8 Å². The number of rotatable bonds is 2. The topological polar surface area (TPSA) is 78.3 Å². The van der Waals surface area contributed by atoms with Crippen LogP contribution in [0.3, 0.4) is 0 Å². The number of nitrogens with two attached hydrogens (primary N) is 1. The van der Waals surface area contributed by atoms with Crippen molar-refractivity contribution in [1.82, 2.24) is 19.6 Å². The van der Waals surface area contributed by atoms with Gasteiger partial charge in [-0.15, -0.1) is 10.2 Å². The zero-order valence-corrected chi connectivity index (χ0v) is 11.9. The molecule has 0 radical (unpaired) electrons. The van der Waals surface area contributed by atoms with Crippen molar-refractivity contribution in [1.29, 1.82) is 0 Å². The number of aromatic nitrogens is 4. The molecule has 0 bridgehead atoms. The van der Waals surface area contributed by atoms with Crippen molar-refractivity contribution < 1.29 is 4.74 Å². The number of hydrogen-bond acceptors (Lipinski definition) is 5. The number of benzene rings is 2. The quantitative estimate of drug-likeness (QED) is 0.574. The van der Waals surface area contributed by atoms with E-state index in [0.717, 1.165) is 16.6 Å². The smallest absolute Gasteiger partial charge is 0.180 e. The average molecular weight is 291 g/mol. The van der Waals surface area contributed by atoms with Crippen LogP contribution in [-0.2, 0) is 0 Å². The van der Waals surface area contributed by atoms with Crippen LogP contribution in [0.5, 0.6) is 5.75 Å². The van der Waals surface area contributed by atoms with Crippen molar-refractivity contribution in [2.24, 2.45) is 0 Å². The first kappa shape index (κ1) is 12.6. The maximum absolute atomic E-state index is 5.92. The molecule has 4 rings (SSSR count). The zero-order valence-electron chi connectivity index (χ0n) is 11.9. The molecule has 2 heterocycles. The summed E-state index contributed by atoms with van der Waals surface area (Å²) in [7, 11) is 1.62. The Balaban J connectivity index is 2.12. The van der Waals surface area contributed by atoms with Gasteiger partial charge >= 0.3 is 0 Å². The van der Waals surface area contributed by atoms with Crippen LogP contribution in [-0.4, -0.2) is 26.7 Å². The van der Waals surface area contributed by atoms with Crippen LogP contribution in [0, 0.1) is 0 Å². The van der Waals surface area contributed by atoms with E-state index in [1.54, 1.807) is 19.4 Å². The Kier molecular flexibility index (Phi) is 2.69. The fourth-order valence-electron chi connectivity index (χ4n) is 2.58. The Morgan fingerprint density at radius 3 is 2.82 bits per heavy atom. The van der Waals surface area contributed by atoms with E-state index in [0.29, 0.717) is 22.9 Å². The molecule has 0 atom stereocenters. The minimum atomic E-state index is 0.644. The van der Waals surface area contributed by atoms with Crippen LogP contribution in [0.15, 0.2) is 48.7 Å². The van der Waals surface area contributed by atoms with E-state index in [4.69, 9.17) is 10.5 Å². The molecule has 6 nitrogen and oxygen atoms in total. The first-order chi connectivity index (χ1) is 10.8. The average Bonchev–Trinajstić information content (AvgIpc) is 2.99. The molecule has 4 aromatic rings. The van der Waals surface area contributed by atoms with Gasteiger partial charge in [0.05, 0.1) is 29.9 Å². The van der Waals surface area contributed by atoms with Crippen molar-refractivity contribution in [3.05, 3.63) is 48.7 Å². The molecular formula is C16H13N5O. The number of nitrogens with zero attached hydrogens (tertiary/aromatic N) is 4. The second kappa shape index (κ2) is 4.70. The normalized spacial score (nSPS) is 11.1. The summed E-state index contributed by atoms with van der Waals surface area (Å²) >= 11 is 0. The van der Waals surface area contributed by atoms with Crippen molar-refractivity contribution in [2.45, 2.75) is 0 Å². The summed E-state index contributed by atoms with van der Waals surface area (Å²) in [5.41, 5.74) is 9.85. The Hall–Kier alpha value is -3.15. The molecular weight excluding hydrogens is 278 g/mol. The van der Waals surface area contributed by atoms with Crippen molar-refractivity contribution in [3.63, 3.8) is 0 Å². The molecule has 0 spiro atoms. The molecule has 0 amide bonds. The summed E-state index contributed by atoms with van der Waals surface area (Å²) < 4.78 is 7.39. The highest BCUT2D eigenvalue weighted by atomic mass is 16.5. The van der Waals surface area contributed by atoms with E-state index < -0.39 is 0 Å². The van der Waals surface area contributed by atoms with Crippen LogP contribution >= 0.6 is 0 Å². The lowest BCUT2D eigenvalue weighted by Gasteiger charge is -2.09. The van der Waals surface area contributed by atoms with Gasteiger partial charge < -0.3 is 10.5 Å². The monoisotopic (exact) mass is 291 g/mol. The Morgan fingerprint density at radius 1 is 1.09 bits per heavy atom. The molecule has 2 N–H and O–H groups in total. The van der Waals surface area contributed by atoms with Gasteiger partial charge in [0.2, 0.25) is 0 Å². The van der Waals surface area contributed by atoms with E-state index in [1.807, 2.05) is 40.8 Å². The van der Waals surface area contributed by atoms with E-state index in [9.17, 15) is 0 Å². The summed E-state index contributed by atoms with van der Waals surface area (Å²) in [6.45, 7) is 0. The minimum absolute atomic E-state index is 0.644. The highest BCUT2D eigenvalue weighted by Gasteiger charge is 2.15. The summed E-state index contributed by atoms with van der Waals surface area (Å²) in [5.74, 6) is 1.38. The molecule has 22 heavy (non-hydrogen) atoms. The fraction of sp³-hybridized carbons (Fsp3) is 0.0625. The lowest BCUT2D eigenvalue weighted by Crippen LogP contribution is -1.97. The van der Waals surface area contributed by atoms with Gasteiger partial charge in [-0.2, -0.15) is 0 Å². The van der Waals surface area contributed by atoms with Gasteiger partial charge in [-0.25, -0.2) is 0 Å². The third-order valence-corrected chi connectivity index (χ3v) is 3.59. The Labute approximate surface area is 126 Å². The van der Waals surface area contributed by atoms with E-state index in [1.165, 1.54) is 0 Å². The molecule has 2 aromatic heterocycles. The van der Waals surface area contributed by atoms with Crippen molar-refractivity contribution in [3.8, 4) is 17.1 Å². The highest BCUT2D eigenvalue weighted by Crippen LogP contribution is 2.32. The predicted molar refractivity (Wildman–Crippen MR) is 84.7 cm³/mol. The van der Waals surface area contributed by atoms with Gasteiger partial charge in [-0.1, -0.05) is 12.1 Å². The molecule has 0 aliphatic heterocycles. The Morgan fingerprint density at radius 2 is 1.95 bits per heavy atom. The molecule has 0 aliphatic carbocycles. The van der Waals surface area contributed by atoms with Crippen LogP contribution in [0.1, 0.15) is 0 Å². The van der Waals surface area contributed by atoms with Gasteiger partial charge in [0.1, 0.15) is 5.75 Å². The summed E-state index contributed by atoms with van der Waals surface area (Å²) in [6, 6.07) is 13.3. The molecule has 0 unspecified atom stereocenters. The van der Waals surface area contributed by atoms with Crippen molar-refractivity contribution >= 4 is 22.4 Å². The second-order valence-corrected chi connectivity index (χ2v) is 4.92. The van der Waals surface area contributed by atoms with Crippen LogP contribution < -0.4 is 10.5 Å². The van der Waals surface area contributed by atoms with Gasteiger partial charge in [0.15, 0.2) is 11.5 Å². The van der Waals surface area contributed by atoms with Crippen LogP contribution in [0.2, 0.25) is 0 Å². The molecule has 0 saturated heterocycles. The van der Waals surface area contributed by atoms with Gasteiger partial charge in [0.25, 0.3) is 0 Å². The standard InChI is InChI=1S/C16H13N5O/c1-22-14-7-6-10(17)8-11(14)16-20-19-15-9-18-12-4-2-3-5-13(12)21(15)16/h2-9H,17H2,1H3. The highest BCUT2D eigenvalue weighted by molar-refractivity contribution is 5.81.